The first-order chi connectivity index (χ1) is 13.0. The molecule has 0 aliphatic carbocycles. The van der Waals surface area contributed by atoms with Crippen LogP contribution in [0, 0.1) is 0 Å². The normalized spacial score (nSPS) is 11.6. The topological polar surface area (TPSA) is 87.7 Å². The zero-order chi connectivity index (χ0) is 19.3. The Balaban J connectivity index is 1.58. The zero-order valence-electron chi connectivity index (χ0n) is 14.9. The van der Waals surface area contributed by atoms with E-state index in [0.717, 1.165) is 24.0 Å². The Kier molecular flexibility index (Phi) is 6.26. The number of aryl methyl sites for hydroxylation is 1. The molecule has 1 aromatic heterocycles. The lowest BCUT2D eigenvalue weighted by Crippen LogP contribution is -2.26. The predicted octanol–water partition coefficient (Wildman–Crippen LogP) is 3.60. The van der Waals surface area contributed by atoms with Crippen LogP contribution in [0.4, 0.5) is 0 Å². The third-order valence-corrected chi connectivity index (χ3v) is 5.79. The van der Waals surface area contributed by atoms with Crippen molar-refractivity contribution in [2.75, 3.05) is 6.54 Å². The van der Waals surface area contributed by atoms with Crippen molar-refractivity contribution >= 4 is 21.6 Å². The number of halogens is 1. The number of aromatic amines is 1. The Morgan fingerprint density at radius 2 is 1.74 bits per heavy atom. The van der Waals surface area contributed by atoms with Crippen LogP contribution < -0.4 is 4.72 Å². The van der Waals surface area contributed by atoms with Crippen LogP contribution in [0.5, 0.6) is 0 Å². The molecule has 0 bridgehead atoms. The lowest BCUT2D eigenvalue weighted by atomic mass is 10.1. The highest BCUT2D eigenvalue weighted by Crippen LogP contribution is 2.18. The second-order valence-electron chi connectivity index (χ2n) is 6.15. The smallest absolute Gasteiger partial charge is 0.240 e. The highest BCUT2D eigenvalue weighted by molar-refractivity contribution is 7.89. The van der Waals surface area contributed by atoms with Gasteiger partial charge in [0.15, 0.2) is 5.82 Å². The van der Waals surface area contributed by atoms with Gasteiger partial charge < -0.3 is 0 Å². The SMILES string of the molecule is CCCc1ccc(S(=O)(=O)NCCc2nc(-c3ccc(Cl)cc3)n[nH]2)cc1. The summed E-state index contributed by atoms with van der Waals surface area (Å²) in [6.07, 6.45) is 2.38. The van der Waals surface area contributed by atoms with E-state index in [9.17, 15) is 8.42 Å². The molecule has 0 saturated heterocycles. The summed E-state index contributed by atoms with van der Waals surface area (Å²) < 4.78 is 27.4. The van der Waals surface area contributed by atoms with Crippen molar-refractivity contribution in [3.63, 3.8) is 0 Å². The van der Waals surface area contributed by atoms with Gasteiger partial charge in [0, 0.05) is 23.6 Å². The van der Waals surface area contributed by atoms with E-state index in [2.05, 4.69) is 26.8 Å². The Morgan fingerprint density at radius 3 is 2.41 bits per heavy atom. The molecule has 8 heteroatoms. The van der Waals surface area contributed by atoms with E-state index < -0.39 is 10.0 Å². The van der Waals surface area contributed by atoms with E-state index in [1.165, 1.54) is 0 Å². The third-order valence-electron chi connectivity index (χ3n) is 4.06. The van der Waals surface area contributed by atoms with Crippen LogP contribution in [0.15, 0.2) is 53.4 Å². The lowest BCUT2D eigenvalue weighted by Gasteiger charge is -2.07. The van der Waals surface area contributed by atoms with E-state index >= 15 is 0 Å². The fourth-order valence-corrected chi connectivity index (χ4v) is 3.80. The molecular weight excluding hydrogens is 384 g/mol. The molecule has 6 nitrogen and oxygen atoms in total. The van der Waals surface area contributed by atoms with E-state index in [0.29, 0.717) is 23.1 Å². The van der Waals surface area contributed by atoms with Gasteiger partial charge in [0.2, 0.25) is 10.0 Å². The number of H-pyrrole nitrogens is 1. The quantitative estimate of drug-likeness (QED) is 0.600. The fourth-order valence-electron chi connectivity index (χ4n) is 2.65. The molecule has 1 heterocycles. The van der Waals surface area contributed by atoms with Gasteiger partial charge in [-0.15, -0.1) is 0 Å². The van der Waals surface area contributed by atoms with Crippen LogP contribution in [0.25, 0.3) is 11.4 Å². The standard InChI is InChI=1S/C19H21ClN4O2S/c1-2-3-14-4-10-17(11-5-14)27(25,26)21-13-12-18-22-19(24-23-18)15-6-8-16(20)9-7-15/h4-11,21H,2-3,12-13H2,1H3,(H,22,23,24). The Morgan fingerprint density at radius 1 is 1.04 bits per heavy atom. The molecule has 2 N–H and O–H groups in total. The maximum Gasteiger partial charge on any atom is 0.240 e. The number of sulfonamides is 1. The Bertz CT molecular complexity index is 983. The molecule has 2 aromatic carbocycles. The molecule has 0 saturated carbocycles. The van der Waals surface area contributed by atoms with Gasteiger partial charge in [-0.25, -0.2) is 18.1 Å². The van der Waals surface area contributed by atoms with Crippen LogP contribution in [-0.4, -0.2) is 30.1 Å². The van der Waals surface area contributed by atoms with E-state index in [1.807, 2.05) is 24.3 Å². The Hall–Kier alpha value is -2.22. The monoisotopic (exact) mass is 404 g/mol. The van der Waals surface area contributed by atoms with Gasteiger partial charge in [-0.2, -0.15) is 5.10 Å². The zero-order valence-corrected chi connectivity index (χ0v) is 16.5. The van der Waals surface area contributed by atoms with Crippen molar-refractivity contribution in [2.24, 2.45) is 0 Å². The minimum Gasteiger partial charge on any atom is -0.263 e. The van der Waals surface area contributed by atoms with Crippen LogP contribution in [0.2, 0.25) is 5.02 Å². The van der Waals surface area contributed by atoms with Crippen molar-refractivity contribution in [1.29, 1.82) is 0 Å². The van der Waals surface area contributed by atoms with E-state index in [-0.39, 0.29) is 11.4 Å². The summed E-state index contributed by atoms with van der Waals surface area (Å²) in [7, 11) is -3.54. The minimum absolute atomic E-state index is 0.230. The molecule has 0 radical (unpaired) electrons. The largest absolute Gasteiger partial charge is 0.263 e. The molecule has 0 atom stereocenters. The minimum atomic E-state index is -3.54. The third kappa shape index (κ3) is 5.15. The second-order valence-corrected chi connectivity index (χ2v) is 8.36. The maximum atomic E-state index is 12.4. The molecule has 0 aliphatic rings. The summed E-state index contributed by atoms with van der Waals surface area (Å²) >= 11 is 5.88. The first-order valence-corrected chi connectivity index (χ1v) is 10.6. The fraction of sp³-hybridized carbons (Fsp3) is 0.263. The van der Waals surface area contributed by atoms with Gasteiger partial charge in [0.25, 0.3) is 0 Å². The second kappa shape index (κ2) is 8.65. The van der Waals surface area contributed by atoms with Crippen LogP contribution >= 0.6 is 11.6 Å². The molecule has 3 aromatic rings. The molecule has 0 amide bonds. The molecule has 3 rings (SSSR count). The van der Waals surface area contributed by atoms with Gasteiger partial charge in [0.1, 0.15) is 5.82 Å². The van der Waals surface area contributed by atoms with Crippen LogP contribution in [-0.2, 0) is 22.9 Å². The average molecular weight is 405 g/mol. The molecule has 0 aliphatic heterocycles. The first-order valence-electron chi connectivity index (χ1n) is 8.74. The summed E-state index contributed by atoms with van der Waals surface area (Å²) in [6.45, 7) is 2.32. The van der Waals surface area contributed by atoms with Crippen molar-refractivity contribution in [3.8, 4) is 11.4 Å². The summed E-state index contributed by atoms with van der Waals surface area (Å²) in [5, 5.41) is 7.64. The predicted molar refractivity (Wildman–Crippen MR) is 106 cm³/mol. The summed E-state index contributed by atoms with van der Waals surface area (Å²) in [5.41, 5.74) is 1.97. The summed E-state index contributed by atoms with van der Waals surface area (Å²) in [4.78, 5) is 4.66. The number of hydrogen-bond acceptors (Lipinski definition) is 4. The lowest BCUT2D eigenvalue weighted by molar-refractivity contribution is 0.581. The number of nitrogens with one attached hydrogen (secondary N) is 2. The number of nitrogens with zero attached hydrogens (tertiary/aromatic N) is 2. The number of benzene rings is 2. The Labute approximate surface area is 164 Å². The number of rotatable bonds is 8. The first kappa shape index (κ1) is 19.5. The van der Waals surface area contributed by atoms with Crippen molar-refractivity contribution < 1.29 is 8.42 Å². The number of hydrogen-bond donors (Lipinski definition) is 2. The average Bonchev–Trinajstić information content (AvgIpc) is 3.12. The van der Waals surface area contributed by atoms with Gasteiger partial charge >= 0.3 is 0 Å². The molecule has 0 spiro atoms. The maximum absolute atomic E-state index is 12.4. The van der Waals surface area contributed by atoms with Gasteiger partial charge in [-0.05, 0) is 48.4 Å². The van der Waals surface area contributed by atoms with E-state index in [4.69, 9.17) is 11.6 Å². The van der Waals surface area contributed by atoms with Crippen molar-refractivity contribution in [2.45, 2.75) is 31.1 Å². The van der Waals surface area contributed by atoms with Gasteiger partial charge in [0.05, 0.1) is 4.90 Å². The summed E-state index contributed by atoms with van der Waals surface area (Å²) in [6, 6.07) is 14.2. The molecule has 142 valence electrons. The summed E-state index contributed by atoms with van der Waals surface area (Å²) in [5.74, 6) is 1.16. The van der Waals surface area contributed by atoms with Gasteiger partial charge in [-0.1, -0.05) is 37.1 Å². The molecule has 0 unspecified atom stereocenters. The van der Waals surface area contributed by atoms with Crippen LogP contribution in [0.1, 0.15) is 24.7 Å². The van der Waals surface area contributed by atoms with Crippen LogP contribution in [0.3, 0.4) is 0 Å². The highest BCUT2D eigenvalue weighted by Gasteiger charge is 2.14. The highest BCUT2D eigenvalue weighted by atomic mass is 35.5. The van der Waals surface area contributed by atoms with Crippen molar-refractivity contribution in [1.82, 2.24) is 19.9 Å². The molecular formula is C19H21ClN4O2S. The molecule has 27 heavy (non-hydrogen) atoms. The molecule has 0 fully saturated rings. The van der Waals surface area contributed by atoms with Gasteiger partial charge in [-0.3, -0.25) is 5.10 Å². The number of aromatic nitrogens is 3. The van der Waals surface area contributed by atoms with E-state index in [1.54, 1.807) is 24.3 Å². The van der Waals surface area contributed by atoms with Crippen molar-refractivity contribution in [3.05, 3.63) is 64.9 Å².